The second-order valence-corrected chi connectivity index (χ2v) is 5.84. The molecule has 0 aromatic carbocycles. The molecule has 17 heavy (non-hydrogen) atoms. The Bertz CT molecular complexity index is 275. The lowest BCUT2D eigenvalue weighted by Gasteiger charge is -2.35. The van der Waals surface area contributed by atoms with Crippen LogP contribution in [-0.2, 0) is 9.53 Å². The molecule has 2 aliphatic rings. The molecular weight excluding hydrogens is 216 g/mol. The molecule has 1 heterocycles. The molecule has 2 rings (SSSR count). The van der Waals surface area contributed by atoms with Crippen molar-refractivity contribution in [1.29, 1.82) is 0 Å². The van der Waals surface area contributed by atoms with E-state index in [-0.39, 0.29) is 11.5 Å². The third-order valence-electron chi connectivity index (χ3n) is 3.42. The Morgan fingerprint density at radius 3 is 2.71 bits per heavy atom. The first kappa shape index (κ1) is 12.8. The summed E-state index contributed by atoms with van der Waals surface area (Å²) in [5, 5.41) is 6.47. The normalized spacial score (nSPS) is 27.8. The Morgan fingerprint density at radius 2 is 2.06 bits per heavy atom. The fraction of sp³-hybridized carbons (Fsp3) is 0.923. The van der Waals surface area contributed by atoms with Gasteiger partial charge in [0.25, 0.3) is 0 Å². The largest absolute Gasteiger partial charge is 0.375 e. The quantitative estimate of drug-likeness (QED) is 0.759. The Balaban J connectivity index is 1.59. The third-order valence-corrected chi connectivity index (χ3v) is 3.42. The van der Waals surface area contributed by atoms with Crippen LogP contribution in [0.4, 0.5) is 0 Å². The van der Waals surface area contributed by atoms with Crippen molar-refractivity contribution in [3.63, 3.8) is 0 Å². The summed E-state index contributed by atoms with van der Waals surface area (Å²) >= 11 is 0. The molecule has 1 saturated carbocycles. The molecule has 0 spiro atoms. The first-order valence-corrected chi connectivity index (χ1v) is 6.72. The van der Waals surface area contributed by atoms with Crippen molar-refractivity contribution in [2.24, 2.45) is 0 Å². The number of carbonyl (C=O) groups excluding carboxylic acids is 1. The van der Waals surface area contributed by atoms with Gasteiger partial charge in [-0.3, -0.25) is 4.79 Å². The summed E-state index contributed by atoms with van der Waals surface area (Å²) in [5.74, 6) is 0.186. The number of amides is 1. The summed E-state index contributed by atoms with van der Waals surface area (Å²) in [5.41, 5.74) is -0.0216. The summed E-state index contributed by atoms with van der Waals surface area (Å²) in [6.07, 6.45) is 4.99. The fourth-order valence-corrected chi connectivity index (χ4v) is 2.32. The number of ether oxygens (including phenoxy) is 1. The summed E-state index contributed by atoms with van der Waals surface area (Å²) < 4.78 is 5.66. The van der Waals surface area contributed by atoms with Gasteiger partial charge in [0.15, 0.2) is 0 Å². The van der Waals surface area contributed by atoms with Gasteiger partial charge in [-0.15, -0.1) is 0 Å². The highest BCUT2D eigenvalue weighted by molar-refractivity contribution is 5.76. The maximum Gasteiger partial charge on any atom is 0.221 e. The van der Waals surface area contributed by atoms with Crippen LogP contribution in [0.3, 0.4) is 0 Å². The standard InChI is InChI=1S/C13H24N2O2/c1-13(2)9-11(6-8-17-13)14-7-5-12(16)15-10-3-4-10/h10-11,14H,3-9H2,1-2H3,(H,15,16). The van der Waals surface area contributed by atoms with E-state index < -0.39 is 0 Å². The molecule has 0 aromatic heterocycles. The molecule has 0 bridgehead atoms. The molecule has 0 aromatic rings. The van der Waals surface area contributed by atoms with Crippen molar-refractivity contribution < 1.29 is 9.53 Å². The van der Waals surface area contributed by atoms with Gasteiger partial charge in [-0.2, -0.15) is 0 Å². The molecule has 0 radical (unpaired) electrons. The zero-order chi connectivity index (χ0) is 12.3. The SMILES string of the molecule is CC1(C)CC(NCCC(=O)NC2CC2)CCO1. The number of nitrogens with one attached hydrogen (secondary N) is 2. The maximum atomic E-state index is 11.5. The minimum atomic E-state index is -0.0216. The van der Waals surface area contributed by atoms with Gasteiger partial charge in [-0.05, 0) is 39.5 Å². The predicted octanol–water partition coefficient (Wildman–Crippen LogP) is 1.20. The van der Waals surface area contributed by atoms with Gasteiger partial charge in [-0.25, -0.2) is 0 Å². The molecule has 4 heteroatoms. The van der Waals surface area contributed by atoms with Crippen LogP contribution >= 0.6 is 0 Å². The van der Waals surface area contributed by atoms with Crippen molar-refractivity contribution >= 4 is 5.91 Å². The summed E-state index contributed by atoms with van der Waals surface area (Å²) in [7, 11) is 0. The number of carbonyl (C=O) groups is 1. The molecule has 98 valence electrons. The molecule has 1 atom stereocenters. The first-order chi connectivity index (χ1) is 8.05. The summed E-state index contributed by atoms with van der Waals surface area (Å²) in [6.45, 7) is 5.85. The monoisotopic (exact) mass is 240 g/mol. The summed E-state index contributed by atoms with van der Waals surface area (Å²) in [4.78, 5) is 11.5. The van der Waals surface area contributed by atoms with Crippen LogP contribution in [0.25, 0.3) is 0 Å². The number of hydrogen-bond donors (Lipinski definition) is 2. The van der Waals surface area contributed by atoms with Crippen molar-refractivity contribution in [3.05, 3.63) is 0 Å². The van der Waals surface area contributed by atoms with E-state index in [1.165, 1.54) is 0 Å². The molecule has 1 saturated heterocycles. The zero-order valence-electron chi connectivity index (χ0n) is 10.9. The van der Waals surface area contributed by atoms with Gasteiger partial charge < -0.3 is 15.4 Å². The van der Waals surface area contributed by atoms with Gasteiger partial charge in [0.2, 0.25) is 5.91 Å². The minimum absolute atomic E-state index is 0.0216. The molecule has 1 aliphatic heterocycles. The minimum Gasteiger partial charge on any atom is -0.375 e. The molecule has 1 unspecified atom stereocenters. The van der Waals surface area contributed by atoms with E-state index in [0.29, 0.717) is 18.5 Å². The molecule has 1 amide bonds. The fourth-order valence-electron chi connectivity index (χ4n) is 2.32. The van der Waals surface area contributed by atoms with Crippen molar-refractivity contribution in [2.45, 2.75) is 63.6 Å². The average Bonchev–Trinajstić information content (AvgIpc) is 3.00. The van der Waals surface area contributed by atoms with Gasteiger partial charge in [0.1, 0.15) is 0 Å². The predicted molar refractivity (Wildman–Crippen MR) is 66.8 cm³/mol. The second-order valence-electron chi connectivity index (χ2n) is 5.84. The summed E-state index contributed by atoms with van der Waals surface area (Å²) in [6, 6.07) is 0.969. The first-order valence-electron chi connectivity index (χ1n) is 6.72. The third kappa shape index (κ3) is 4.64. The lowest BCUT2D eigenvalue weighted by molar-refractivity contribution is -0.121. The Kier molecular flexibility index (Phi) is 4.05. The van der Waals surface area contributed by atoms with Gasteiger partial charge in [0, 0.05) is 31.7 Å². The average molecular weight is 240 g/mol. The Labute approximate surface area is 103 Å². The Morgan fingerprint density at radius 1 is 1.29 bits per heavy atom. The van der Waals surface area contributed by atoms with Crippen LogP contribution in [0, 0.1) is 0 Å². The van der Waals surface area contributed by atoms with E-state index in [9.17, 15) is 4.79 Å². The van der Waals surface area contributed by atoms with E-state index in [1.807, 2.05) is 0 Å². The highest BCUT2D eigenvalue weighted by Crippen LogP contribution is 2.23. The van der Waals surface area contributed by atoms with E-state index >= 15 is 0 Å². The maximum absolute atomic E-state index is 11.5. The van der Waals surface area contributed by atoms with E-state index in [0.717, 1.165) is 38.8 Å². The van der Waals surface area contributed by atoms with Crippen LogP contribution in [-0.4, -0.2) is 36.7 Å². The van der Waals surface area contributed by atoms with Crippen molar-refractivity contribution in [1.82, 2.24) is 10.6 Å². The lowest BCUT2D eigenvalue weighted by Crippen LogP contribution is -2.44. The molecule has 1 aliphatic carbocycles. The van der Waals surface area contributed by atoms with Gasteiger partial charge >= 0.3 is 0 Å². The highest BCUT2D eigenvalue weighted by atomic mass is 16.5. The number of rotatable bonds is 5. The van der Waals surface area contributed by atoms with E-state index in [1.54, 1.807) is 0 Å². The second kappa shape index (κ2) is 5.36. The smallest absolute Gasteiger partial charge is 0.221 e. The molecule has 2 N–H and O–H groups in total. The zero-order valence-corrected chi connectivity index (χ0v) is 10.9. The lowest BCUT2D eigenvalue weighted by atomic mass is 9.94. The highest BCUT2D eigenvalue weighted by Gasteiger charge is 2.28. The van der Waals surface area contributed by atoms with Crippen LogP contribution in [0.15, 0.2) is 0 Å². The molecule has 2 fully saturated rings. The number of hydrogen-bond acceptors (Lipinski definition) is 3. The van der Waals surface area contributed by atoms with Crippen LogP contribution < -0.4 is 10.6 Å². The van der Waals surface area contributed by atoms with Crippen molar-refractivity contribution in [3.8, 4) is 0 Å². The van der Waals surface area contributed by atoms with Crippen LogP contribution in [0.5, 0.6) is 0 Å². The van der Waals surface area contributed by atoms with Crippen molar-refractivity contribution in [2.75, 3.05) is 13.2 Å². The van der Waals surface area contributed by atoms with Crippen LogP contribution in [0.2, 0.25) is 0 Å². The Hall–Kier alpha value is -0.610. The van der Waals surface area contributed by atoms with Gasteiger partial charge in [0.05, 0.1) is 5.60 Å². The molecular formula is C13H24N2O2. The van der Waals surface area contributed by atoms with E-state index in [4.69, 9.17) is 4.74 Å². The van der Waals surface area contributed by atoms with Crippen LogP contribution in [0.1, 0.15) is 46.0 Å². The van der Waals surface area contributed by atoms with E-state index in [2.05, 4.69) is 24.5 Å². The topological polar surface area (TPSA) is 50.4 Å². The van der Waals surface area contributed by atoms with Gasteiger partial charge in [-0.1, -0.05) is 0 Å². The molecule has 4 nitrogen and oxygen atoms in total.